The molecule has 0 aliphatic heterocycles. The molecule has 0 bridgehead atoms. The van der Waals surface area contributed by atoms with Gasteiger partial charge in [0.25, 0.3) is 0 Å². The van der Waals surface area contributed by atoms with Crippen LogP contribution in [-0.4, -0.2) is 20.1 Å². The Morgan fingerprint density at radius 1 is 0.864 bits per heavy atom. The minimum absolute atomic E-state index is 0.613. The third kappa shape index (κ3) is 5.88. The summed E-state index contributed by atoms with van der Waals surface area (Å²) in [6.45, 7) is 5.70. The maximum absolute atomic E-state index is 5.82. The highest BCUT2D eigenvalue weighted by molar-refractivity contribution is 5.28. The smallest absolute Gasteiger partial charge is 0.119 e. The van der Waals surface area contributed by atoms with Crippen LogP contribution in [0, 0.1) is 6.92 Å². The van der Waals surface area contributed by atoms with Gasteiger partial charge in [0.2, 0.25) is 0 Å². The first kappa shape index (κ1) is 16.5. The van der Waals surface area contributed by atoms with Gasteiger partial charge >= 0.3 is 0 Å². The van der Waals surface area contributed by atoms with Crippen LogP contribution in [0.25, 0.3) is 0 Å². The van der Waals surface area contributed by atoms with Crippen molar-refractivity contribution >= 4 is 0 Å². The largest absolute Gasteiger partial charge is 0.489 e. The highest BCUT2D eigenvalue weighted by Gasteiger charge is 1.98. The molecular weight excluding hydrogens is 272 g/mol. The predicted molar refractivity (Wildman–Crippen MR) is 92.2 cm³/mol. The maximum atomic E-state index is 5.82. The normalized spacial score (nSPS) is 10.6. The zero-order chi connectivity index (χ0) is 15.6. The molecule has 0 saturated carbocycles. The van der Waals surface area contributed by atoms with Gasteiger partial charge in [-0.05, 0) is 56.7 Å². The molecule has 0 aliphatic rings. The minimum Gasteiger partial charge on any atom is -0.489 e. The average molecular weight is 298 g/mol. The highest BCUT2D eigenvalue weighted by Crippen LogP contribution is 2.14. The van der Waals surface area contributed by atoms with Crippen molar-refractivity contribution in [1.29, 1.82) is 0 Å². The van der Waals surface area contributed by atoms with Gasteiger partial charge < -0.3 is 15.4 Å². The second-order valence-corrected chi connectivity index (χ2v) is 5.55. The second kappa shape index (κ2) is 9.23. The van der Waals surface area contributed by atoms with Gasteiger partial charge in [-0.2, -0.15) is 0 Å². The van der Waals surface area contributed by atoms with Gasteiger partial charge in [0, 0.05) is 6.54 Å². The van der Waals surface area contributed by atoms with Crippen molar-refractivity contribution in [2.75, 3.05) is 20.1 Å². The van der Waals surface area contributed by atoms with Crippen molar-refractivity contribution in [2.45, 2.75) is 26.5 Å². The molecule has 0 atom stereocenters. The van der Waals surface area contributed by atoms with Crippen molar-refractivity contribution in [3.05, 3.63) is 65.2 Å². The van der Waals surface area contributed by atoms with Gasteiger partial charge in [-0.1, -0.05) is 42.0 Å². The van der Waals surface area contributed by atoms with Crippen LogP contribution in [0.2, 0.25) is 0 Å². The molecule has 2 aromatic carbocycles. The van der Waals surface area contributed by atoms with Crippen molar-refractivity contribution in [1.82, 2.24) is 10.6 Å². The topological polar surface area (TPSA) is 33.3 Å². The van der Waals surface area contributed by atoms with E-state index >= 15 is 0 Å². The standard InChI is InChI=1S/C19H26N2O/c1-16-4-6-18(7-5-16)15-22-19-10-8-17(9-11-19)14-21-13-3-12-20-2/h4-11,20-21H,3,12-15H2,1-2H3. The summed E-state index contributed by atoms with van der Waals surface area (Å²) in [5.41, 5.74) is 3.75. The van der Waals surface area contributed by atoms with E-state index in [1.54, 1.807) is 0 Å². The van der Waals surface area contributed by atoms with E-state index < -0.39 is 0 Å². The summed E-state index contributed by atoms with van der Waals surface area (Å²) < 4.78 is 5.82. The third-order valence-electron chi connectivity index (χ3n) is 3.56. The first-order valence-electron chi connectivity index (χ1n) is 7.90. The number of hydrogen-bond donors (Lipinski definition) is 2. The van der Waals surface area contributed by atoms with Gasteiger partial charge in [-0.3, -0.25) is 0 Å². The lowest BCUT2D eigenvalue weighted by molar-refractivity contribution is 0.306. The molecule has 3 nitrogen and oxygen atoms in total. The van der Waals surface area contributed by atoms with Crippen LogP contribution >= 0.6 is 0 Å². The maximum Gasteiger partial charge on any atom is 0.119 e. The fourth-order valence-corrected chi connectivity index (χ4v) is 2.18. The molecule has 22 heavy (non-hydrogen) atoms. The molecule has 0 aliphatic carbocycles. The highest BCUT2D eigenvalue weighted by atomic mass is 16.5. The molecule has 2 N–H and O–H groups in total. The van der Waals surface area contributed by atoms with Crippen LogP contribution in [0.4, 0.5) is 0 Å². The summed E-state index contributed by atoms with van der Waals surface area (Å²) in [6.07, 6.45) is 1.15. The molecule has 2 rings (SSSR count). The van der Waals surface area contributed by atoms with Crippen LogP contribution in [-0.2, 0) is 13.2 Å². The Morgan fingerprint density at radius 2 is 1.55 bits per heavy atom. The van der Waals surface area contributed by atoms with Gasteiger partial charge in [0.05, 0.1) is 0 Å². The fraction of sp³-hybridized carbons (Fsp3) is 0.368. The van der Waals surface area contributed by atoms with E-state index in [9.17, 15) is 0 Å². The molecule has 0 spiro atoms. The van der Waals surface area contributed by atoms with Crippen LogP contribution in [0.1, 0.15) is 23.1 Å². The van der Waals surface area contributed by atoms with E-state index in [0.717, 1.165) is 31.8 Å². The molecule has 0 radical (unpaired) electrons. The molecule has 0 fully saturated rings. The lowest BCUT2D eigenvalue weighted by atomic mass is 10.2. The first-order chi connectivity index (χ1) is 10.8. The molecule has 2 aromatic rings. The summed E-state index contributed by atoms with van der Waals surface area (Å²) in [5.74, 6) is 0.916. The van der Waals surface area contributed by atoms with Crippen molar-refractivity contribution in [3.8, 4) is 5.75 Å². The summed E-state index contributed by atoms with van der Waals surface area (Å²) in [4.78, 5) is 0. The Balaban J connectivity index is 1.73. The van der Waals surface area contributed by atoms with E-state index in [1.165, 1.54) is 16.7 Å². The van der Waals surface area contributed by atoms with Crippen LogP contribution in [0.5, 0.6) is 5.75 Å². The minimum atomic E-state index is 0.613. The Hall–Kier alpha value is -1.84. The molecule has 118 valence electrons. The zero-order valence-corrected chi connectivity index (χ0v) is 13.6. The molecule has 3 heteroatoms. The predicted octanol–water partition coefficient (Wildman–Crippen LogP) is 3.27. The van der Waals surface area contributed by atoms with Crippen molar-refractivity contribution < 1.29 is 4.74 Å². The molecule has 0 aromatic heterocycles. The van der Waals surface area contributed by atoms with Crippen LogP contribution in [0.3, 0.4) is 0 Å². The number of rotatable bonds is 9. The summed E-state index contributed by atoms with van der Waals surface area (Å²) in [6, 6.07) is 16.8. The Labute approximate surface area is 133 Å². The Kier molecular flexibility index (Phi) is 6.94. The second-order valence-electron chi connectivity index (χ2n) is 5.55. The summed E-state index contributed by atoms with van der Waals surface area (Å²) in [5, 5.41) is 6.59. The lowest BCUT2D eigenvalue weighted by Crippen LogP contribution is -2.19. The number of hydrogen-bond acceptors (Lipinski definition) is 3. The monoisotopic (exact) mass is 298 g/mol. The molecule has 0 unspecified atom stereocenters. The number of ether oxygens (including phenoxy) is 1. The van der Waals surface area contributed by atoms with Gasteiger partial charge in [0.15, 0.2) is 0 Å². The SMILES string of the molecule is CNCCCNCc1ccc(OCc2ccc(C)cc2)cc1. The number of nitrogens with one attached hydrogen (secondary N) is 2. The van der Waals surface area contributed by atoms with Crippen LogP contribution in [0.15, 0.2) is 48.5 Å². The van der Waals surface area contributed by atoms with Gasteiger partial charge in [-0.25, -0.2) is 0 Å². The molecule has 0 saturated heterocycles. The Bertz CT molecular complexity index is 534. The van der Waals surface area contributed by atoms with E-state index in [0.29, 0.717) is 6.61 Å². The third-order valence-corrected chi connectivity index (χ3v) is 3.56. The molecular formula is C19H26N2O. The number of benzene rings is 2. The van der Waals surface area contributed by atoms with Gasteiger partial charge in [0.1, 0.15) is 12.4 Å². The van der Waals surface area contributed by atoms with E-state index in [1.807, 2.05) is 19.2 Å². The van der Waals surface area contributed by atoms with Gasteiger partial charge in [-0.15, -0.1) is 0 Å². The molecule has 0 heterocycles. The number of aryl methyl sites for hydroxylation is 1. The fourth-order valence-electron chi connectivity index (χ4n) is 2.18. The Morgan fingerprint density at radius 3 is 2.23 bits per heavy atom. The lowest BCUT2D eigenvalue weighted by Gasteiger charge is -2.08. The summed E-state index contributed by atoms with van der Waals surface area (Å²) >= 11 is 0. The summed E-state index contributed by atoms with van der Waals surface area (Å²) in [7, 11) is 1.98. The van der Waals surface area contributed by atoms with E-state index in [-0.39, 0.29) is 0 Å². The average Bonchev–Trinajstić information content (AvgIpc) is 2.55. The van der Waals surface area contributed by atoms with Crippen LogP contribution < -0.4 is 15.4 Å². The van der Waals surface area contributed by atoms with E-state index in [4.69, 9.17) is 4.74 Å². The van der Waals surface area contributed by atoms with Crippen molar-refractivity contribution in [3.63, 3.8) is 0 Å². The van der Waals surface area contributed by atoms with Crippen molar-refractivity contribution in [2.24, 2.45) is 0 Å². The zero-order valence-electron chi connectivity index (χ0n) is 13.6. The quantitative estimate of drug-likeness (QED) is 0.697. The van der Waals surface area contributed by atoms with E-state index in [2.05, 4.69) is 54.0 Å². The molecule has 0 amide bonds. The first-order valence-corrected chi connectivity index (χ1v) is 7.90.